The number of nitrogens with two attached hydrogens (primary N) is 1. The van der Waals surface area contributed by atoms with Crippen molar-refractivity contribution in [1.82, 2.24) is 4.90 Å². The Balaban J connectivity index is 1.61. The predicted octanol–water partition coefficient (Wildman–Crippen LogP) is 3.26. The number of primary amides is 1. The van der Waals surface area contributed by atoms with Gasteiger partial charge >= 0.3 is 0 Å². The molecule has 2 aromatic carbocycles. The predicted molar refractivity (Wildman–Crippen MR) is 144 cm³/mol. The van der Waals surface area contributed by atoms with Gasteiger partial charge in [-0.25, -0.2) is 0 Å². The second-order valence-electron chi connectivity index (χ2n) is 10.8. The molecule has 198 valence electrons. The van der Waals surface area contributed by atoms with E-state index in [0.29, 0.717) is 12.0 Å². The molecule has 3 aliphatic rings. The van der Waals surface area contributed by atoms with Crippen molar-refractivity contribution < 1.29 is 30.0 Å². The molecule has 38 heavy (non-hydrogen) atoms. The Kier molecular flexibility index (Phi) is 6.20. The number of carbonyl (C=O) groups is 2. The lowest BCUT2D eigenvalue weighted by Gasteiger charge is -2.51. The molecule has 4 atom stereocenters. The fourth-order valence-corrected chi connectivity index (χ4v) is 6.38. The number of aromatic hydroxyl groups is 1. The number of phenols is 1. The summed E-state index contributed by atoms with van der Waals surface area (Å²) in [5.41, 5.74) is 7.10. The first-order valence-electron chi connectivity index (χ1n) is 12.6. The maximum atomic E-state index is 13.9. The van der Waals surface area contributed by atoms with Crippen LogP contribution < -0.4 is 5.73 Å². The van der Waals surface area contributed by atoms with E-state index in [1.165, 1.54) is 6.07 Å². The van der Waals surface area contributed by atoms with Gasteiger partial charge in [0.2, 0.25) is 5.91 Å². The molecule has 4 unspecified atom stereocenters. The first-order valence-corrected chi connectivity index (χ1v) is 12.6. The van der Waals surface area contributed by atoms with Gasteiger partial charge in [-0.2, -0.15) is 0 Å². The van der Waals surface area contributed by atoms with Crippen molar-refractivity contribution in [1.29, 1.82) is 0 Å². The van der Waals surface area contributed by atoms with Gasteiger partial charge in [0.05, 0.1) is 17.2 Å². The number of ketones is 1. The second-order valence-corrected chi connectivity index (χ2v) is 10.8. The van der Waals surface area contributed by atoms with Gasteiger partial charge in [-0.1, -0.05) is 48.0 Å². The van der Waals surface area contributed by atoms with Crippen LogP contribution in [-0.2, 0) is 16.0 Å². The van der Waals surface area contributed by atoms with Gasteiger partial charge in [-0.15, -0.1) is 0 Å². The molecule has 1 saturated carbocycles. The molecule has 0 bridgehead atoms. The van der Waals surface area contributed by atoms with Crippen LogP contribution in [0.3, 0.4) is 0 Å². The average molecular weight is 517 g/mol. The topological polar surface area (TPSA) is 144 Å². The lowest BCUT2D eigenvalue weighted by molar-refractivity contribution is -0.151. The lowest BCUT2D eigenvalue weighted by Crippen LogP contribution is -2.62. The average Bonchev–Trinajstić information content (AvgIpc) is 2.85. The maximum Gasteiger partial charge on any atom is 0.248 e. The van der Waals surface area contributed by atoms with Gasteiger partial charge in [0.15, 0.2) is 5.78 Å². The van der Waals surface area contributed by atoms with E-state index >= 15 is 0 Å². The standard InChI is InChI=1S/C30H32N2O6/c1-15-4-6-16(7-5-15)8-9-17-10-11-22(33)24-19(17)12-18-13-21-25(32(2)3)26(34)20(29(31)37)14-30(21,38)28(36)23(18)27(24)35/h4-11,18,21,25,33-35,38H,12-14H2,1-3H3,(H2,31,37)/b9-8+. The molecule has 0 aromatic heterocycles. The minimum atomic E-state index is -2.04. The Bertz CT molecular complexity index is 1440. The van der Waals surface area contributed by atoms with Crippen molar-refractivity contribution in [2.24, 2.45) is 17.6 Å². The van der Waals surface area contributed by atoms with Crippen molar-refractivity contribution in [3.63, 3.8) is 0 Å². The highest BCUT2D eigenvalue weighted by atomic mass is 16.3. The number of nitrogens with zero attached hydrogens (tertiary/aromatic N) is 1. The number of phenolic OH excluding ortho intramolecular Hbond substituents is 1. The number of fused-ring (bicyclic) bond motifs is 3. The fourth-order valence-electron chi connectivity index (χ4n) is 6.38. The zero-order chi connectivity index (χ0) is 27.5. The number of aryl methyl sites for hydroxylation is 1. The zero-order valence-electron chi connectivity index (χ0n) is 21.6. The van der Waals surface area contributed by atoms with E-state index in [2.05, 4.69) is 0 Å². The second kappa shape index (κ2) is 9.15. The van der Waals surface area contributed by atoms with Crippen molar-refractivity contribution in [2.45, 2.75) is 37.8 Å². The molecule has 6 N–H and O–H groups in total. The summed E-state index contributed by atoms with van der Waals surface area (Å²) in [6, 6.07) is 10.5. The molecule has 0 aliphatic heterocycles. The molecule has 3 aliphatic carbocycles. The molecule has 0 heterocycles. The summed E-state index contributed by atoms with van der Waals surface area (Å²) in [6.07, 6.45) is 4.05. The van der Waals surface area contributed by atoms with E-state index in [9.17, 15) is 30.0 Å². The molecular formula is C30H32N2O6. The Morgan fingerprint density at radius 2 is 1.76 bits per heavy atom. The quantitative estimate of drug-likeness (QED) is 0.392. The summed E-state index contributed by atoms with van der Waals surface area (Å²) >= 11 is 0. The number of benzene rings is 2. The highest BCUT2D eigenvalue weighted by molar-refractivity contribution is 6.10. The van der Waals surface area contributed by atoms with Gasteiger partial charge in [-0.3, -0.25) is 14.5 Å². The number of aliphatic hydroxyl groups excluding tert-OH is 2. The lowest BCUT2D eigenvalue weighted by atomic mass is 9.57. The van der Waals surface area contributed by atoms with Crippen LogP contribution in [0.4, 0.5) is 0 Å². The summed E-state index contributed by atoms with van der Waals surface area (Å²) < 4.78 is 0. The summed E-state index contributed by atoms with van der Waals surface area (Å²) in [5.74, 6) is -3.58. The molecule has 0 radical (unpaired) electrons. The number of amides is 1. The Morgan fingerprint density at radius 1 is 1.08 bits per heavy atom. The molecule has 0 spiro atoms. The van der Waals surface area contributed by atoms with Crippen LogP contribution in [0.25, 0.3) is 17.9 Å². The van der Waals surface area contributed by atoms with E-state index in [0.717, 1.165) is 16.7 Å². The number of Topliss-reactive ketones (excluding diaryl/α,β-unsaturated/α-hetero) is 1. The van der Waals surface area contributed by atoms with Crippen molar-refractivity contribution >= 4 is 29.6 Å². The van der Waals surface area contributed by atoms with Gasteiger partial charge in [0.1, 0.15) is 22.9 Å². The molecule has 1 amide bonds. The number of rotatable bonds is 4. The number of likely N-dealkylation sites (N-methyl/N-ethyl adjacent to an activating group) is 1. The van der Waals surface area contributed by atoms with E-state index in [-0.39, 0.29) is 40.4 Å². The third kappa shape index (κ3) is 3.92. The van der Waals surface area contributed by atoms with Gasteiger partial charge in [-0.05, 0) is 62.5 Å². The van der Waals surface area contributed by atoms with Crippen molar-refractivity contribution in [3.05, 3.63) is 81.1 Å². The zero-order valence-corrected chi connectivity index (χ0v) is 21.6. The first kappa shape index (κ1) is 25.8. The first-order chi connectivity index (χ1) is 17.9. The van der Waals surface area contributed by atoms with Crippen molar-refractivity contribution in [2.75, 3.05) is 14.1 Å². The van der Waals surface area contributed by atoms with Crippen LogP contribution in [0.1, 0.15) is 40.7 Å². The number of carbonyl (C=O) groups excluding carboxylic acids is 2. The SMILES string of the molecule is Cc1ccc(/C=C/c2ccc(O)c3c2CC2CC4C(N(C)C)C(O)=C(C(N)=O)CC4(O)C(=O)C2=C3O)cc1. The van der Waals surface area contributed by atoms with Crippen LogP contribution in [0.15, 0.2) is 53.3 Å². The highest BCUT2D eigenvalue weighted by Gasteiger charge is 2.60. The monoisotopic (exact) mass is 516 g/mol. The van der Waals surface area contributed by atoms with Gasteiger partial charge < -0.3 is 26.2 Å². The molecule has 1 fully saturated rings. The smallest absolute Gasteiger partial charge is 0.248 e. The van der Waals surface area contributed by atoms with Gasteiger partial charge in [0.25, 0.3) is 0 Å². The Morgan fingerprint density at radius 3 is 2.39 bits per heavy atom. The van der Waals surface area contributed by atoms with E-state index in [1.807, 2.05) is 43.3 Å². The summed E-state index contributed by atoms with van der Waals surface area (Å²) in [5, 5.41) is 44.7. The molecule has 0 saturated heterocycles. The highest BCUT2D eigenvalue weighted by Crippen LogP contribution is 2.53. The van der Waals surface area contributed by atoms with Crippen LogP contribution >= 0.6 is 0 Å². The van der Waals surface area contributed by atoms with E-state index < -0.39 is 41.6 Å². The molecular weight excluding hydrogens is 484 g/mol. The summed E-state index contributed by atoms with van der Waals surface area (Å²) in [6.45, 7) is 2.01. The molecule has 2 aromatic rings. The molecule has 8 heteroatoms. The minimum absolute atomic E-state index is 0.0360. The van der Waals surface area contributed by atoms with Crippen molar-refractivity contribution in [3.8, 4) is 5.75 Å². The molecule has 5 rings (SSSR count). The minimum Gasteiger partial charge on any atom is -0.510 e. The van der Waals surface area contributed by atoms with E-state index in [1.54, 1.807) is 25.1 Å². The maximum absolute atomic E-state index is 13.9. The number of hydrogen-bond donors (Lipinski definition) is 5. The molecule has 8 nitrogen and oxygen atoms in total. The third-order valence-corrected chi connectivity index (χ3v) is 8.27. The Hall–Kier alpha value is -3.88. The largest absolute Gasteiger partial charge is 0.510 e. The Labute approximate surface area is 221 Å². The normalized spacial score (nSPS) is 27.0. The fraction of sp³-hybridized carbons (Fsp3) is 0.333. The van der Waals surface area contributed by atoms with E-state index in [4.69, 9.17) is 5.73 Å². The van der Waals surface area contributed by atoms with Gasteiger partial charge in [0, 0.05) is 17.9 Å². The number of hydrogen-bond acceptors (Lipinski definition) is 7. The summed E-state index contributed by atoms with van der Waals surface area (Å²) in [7, 11) is 3.39. The third-order valence-electron chi connectivity index (χ3n) is 8.27. The summed E-state index contributed by atoms with van der Waals surface area (Å²) in [4.78, 5) is 27.6. The van der Waals surface area contributed by atoms with Crippen LogP contribution in [0.5, 0.6) is 5.75 Å². The van der Waals surface area contributed by atoms with Crippen LogP contribution in [0.2, 0.25) is 0 Å². The van der Waals surface area contributed by atoms with Crippen LogP contribution in [0, 0.1) is 18.8 Å². The number of aliphatic hydroxyl groups is 3. The van der Waals surface area contributed by atoms with Crippen LogP contribution in [-0.4, -0.2) is 62.8 Å².